The summed E-state index contributed by atoms with van der Waals surface area (Å²) in [4.78, 5) is 19.8. The molecular weight excluding hydrogens is 448 g/mol. The molecule has 5 aromatic rings. The number of aromatic nitrogens is 6. The van der Waals surface area contributed by atoms with Crippen LogP contribution < -0.4 is 10.2 Å². The van der Waals surface area contributed by atoms with Gasteiger partial charge in [0.2, 0.25) is 0 Å². The number of aromatic amines is 2. The average molecular weight is 479 g/mol. The molecule has 0 spiro atoms. The van der Waals surface area contributed by atoms with Crippen LogP contribution in [0.5, 0.6) is 0 Å². The quantitative estimate of drug-likeness (QED) is 0.255. The van der Waals surface area contributed by atoms with Crippen LogP contribution in [0.15, 0.2) is 61.3 Å². The molecule has 0 aliphatic carbocycles. The molecule has 1 aliphatic rings. The Balaban J connectivity index is 1.37. The first-order valence-electron chi connectivity index (χ1n) is 12.7. The number of nitrogens with one attached hydrogen (secondary N) is 3. The number of pyridine rings is 3. The van der Waals surface area contributed by atoms with Crippen LogP contribution in [-0.4, -0.2) is 43.2 Å². The fraction of sp³-hybridized carbons (Fsp3) is 0.286. The second-order valence-electron chi connectivity index (χ2n) is 9.46. The van der Waals surface area contributed by atoms with Gasteiger partial charge in [0, 0.05) is 59.3 Å². The van der Waals surface area contributed by atoms with Gasteiger partial charge in [-0.15, -0.1) is 0 Å². The number of anilines is 2. The highest BCUT2D eigenvalue weighted by Gasteiger charge is 2.18. The van der Waals surface area contributed by atoms with Crippen LogP contribution in [0.4, 0.5) is 11.5 Å². The standard InChI is InChI=1S/C28H30N8/c1-3-7-18(2)32-21-12-19(15-29-17-21)20-13-23-26(34-35-27(23)31-16-20)25-14-22-24(33-25)8-9-30-28(22)36-10-5-4-6-11-36/h8-9,12-17,32-33H,2-7,10-11H2,1H3,(H,31,34,35). The molecule has 0 saturated carbocycles. The van der Waals surface area contributed by atoms with Crippen molar-refractivity contribution >= 4 is 33.4 Å². The van der Waals surface area contributed by atoms with Crippen LogP contribution in [0.1, 0.15) is 39.0 Å². The van der Waals surface area contributed by atoms with Crippen LogP contribution in [0.2, 0.25) is 0 Å². The third kappa shape index (κ3) is 4.19. The zero-order chi connectivity index (χ0) is 24.5. The minimum Gasteiger partial charge on any atom is -0.358 e. The average Bonchev–Trinajstić information content (AvgIpc) is 3.53. The van der Waals surface area contributed by atoms with Crippen LogP contribution in [0.3, 0.4) is 0 Å². The smallest absolute Gasteiger partial charge is 0.181 e. The van der Waals surface area contributed by atoms with Gasteiger partial charge in [0.05, 0.1) is 28.8 Å². The van der Waals surface area contributed by atoms with Gasteiger partial charge in [0.1, 0.15) is 5.82 Å². The molecule has 182 valence electrons. The van der Waals surface area contributed by atoms with Crippen molar-refractivity contribution in [2.45, 2.75) is 39.0 Å². The number of rotatable bonds is 7. The molecule has 6 rings (SSSR count). The SMILES string of the molecule is C=C(CCC)Nc1cncc(-c2cnc3n[nH]c(-c4cc5c(N6CCCCC6)nccc5[nH]4)c3c2)c1. The zero-order valence-electron chi connectivity index (χ0n) is 20.5. The lowest BCUT2D eigenvalue weighted by Gasteiger charge is -2.28. The molecule has 1 saturated heterocycles. The van der Waals surface area contributed by atoms with E-state index in [1.807, 2.05) is 30.9 Å². The fourth-order valence-corrected chi connectivity index (χ4v) is 5.03. The molecule has 0 radical (unpaired) electrons. The second-order valence-corrected chi connectivity index (χ2v) is 9.46. The maximum Gasteiger partial charge on any atom is 0.181 e. The Morgan fingerprint density at radius 1 is 1.03 bits per heavy atom. The van der Waals surface area contributed by atoms with E-state index in [1.54, 1.807) is 0 Å². The maximum absolute atomic E-state index is 4.73. The van der Waals surface area contributed by atoms with Gasteiger partial charge in [-0.25, -0.2) is 9.97 Å². The number of nitrogens with zero attached hydrogens (tertiary/aromatic N) is 5. The second kappa shape index (κ2) is 9.45. The summed E-state index contributed by atoms with van der Waals surface area (Å²) in [5.41, 5.74) is 7.52. The number of hydrogen-bond acceptors (Lipinski definition) is 6. The number of allylic oxidation sites excluding steroid dienone is 1. The summed E-state index contributed by atoms with van der Waals surface area (Å²) in [5, 5.41) is 13.1. The maximum atomic E-state index is 4.73. The van der Waals surface area contributed by atoms with Crippen LogP contribution in [0.25, 0.3) is 44.5 Å². The van der Waals surface area contributed by atoms with Gasteiger partial charge in [-0.3, -0.25) is 10.1 Å². The molecule has 6 heterocycles. The fourth-order valence-electron chi connectivity index (χ4n) is 5.03. The Morgan fingerprint density at radius 3 is 2.75 bits per heavy atom. The molecule has 0 bridgehead atoms. The lowest BCUT2D eigenvalue weighted by atomic mass is 10.1. The minimum absolute atomic E-state index is 0.681. The van der Waals surface area contributed by atoms with Gasteiger partial charge in [-0.05, 0) is 49.9 Å². The van der Waals surface area contributed by atoms with E-state index in [0.29, 0.717) is 5.65 Å². The number of fused-ring (bicyclic) bond motifs is 2. The molecule has 1 aliphatic heterocycles. The molecule has 0 amide bonds. The van der Waals surface area contributed by atoms with Crippen LogP contribution >= 0.6 is 0 Å². The summed E-state index contributed by atoms with van der Waals surface area (Å²) in [6.07, 6.45) is 13.1. The largest absolute Gasteiger partial charge is 0.358 e. The van der Waals surface area contributed by atoms with Gasteiger partial charge in [0.15, 0.2) is 5.65 Å². The van der Waals surface area contributed by atoms with Crippen molar-refractivity contribution in [1.29, 1.82) is 0 Å². The van der Waals surface area contributed by atoms with Crippen molar-refractivity contribution < 1.29 is 0 Å². The third-order valence-corrected chi connectivity index (χ3v) is 6.81. The molecule has 8 heteroatoms. The topological polar surface area (TPSA) is 98.4 Å². The molecule has 0 atom stereocenters. The van der Waals surface area contributed by atoms with E-state index in [4.69, 9.17) is 4.98 Å². The van der Waals surface area contributed by atoms with Crippen molar-refractivity contribution in [3.05, 3.63) is 61.3 Å². The summed E-state index contributed by atoms with van der Waals surface area (Å²) in [7, 11) is 0. The summed E-state index contributed by atoms with van der Waals surface area (Å²) >= 11 is 0. The van der Waals surface area contributed by atoms with Crippen molar-refractivity contribution in [2.24, 2.45) is 0 Å². The Bertz CT molecular complexity index is 1540. The number of piperidine rings is 1. The summed E-state index contributed by atoms with van der Waals surface area (Å²) in [5.74, 6) is 1.05. The predicted molar refractivity (Wildman–Crippen MR) is 146 cm³/mol. The van der Waals surface area contributed by atoms with Gasteiger partial charge < -0.3 is 15.2 Å². The van der Waals surface area contributed by atoms with E-state index in [-0.39, 0.29) is 0 Å². The van der Waals surface area contributed by atoms with Gasteiger partial charge in [-0.1, -0.05) is 19.9 Å². The Kier molecular flexibility index (Phi) is 5.85. The van der Waals surface area contributed by atoms with Gasteiger partial charge in [-0.2, -0.15) is 5.10 Å². The molecular formula is C28H30N8. The van der Waals surface area contributed by atoms with E-state index in [9.17, 15) is 0 Å². The Morgan fingerprint density at radius 2 is 1.89 bits per heavy atom. The minimum atomic E-state index is 0.681. The first kappa shape index (κ1) is 22.3. The summed E-state index contributed by atoms with van der Waals surface area (Å²) < 4.78 is 0. The Labute approximate surface area is 209 Å². The molecule has 5 aromatic heterocycles. The van der Waals surface area contributed by atoms with Crippen LogP contribution in [-0.2, 0) is 0 Å². The first-order chi connectivity index (χ1) is 17.7. The van der Waals surface area contributed by atoms with E-state index >= 15 is 0 Å². The van der Waals surface area contributed by atoms with Crippen LogP contribution in [0, 0.1) is 0 Å². The molecule has 1 fully saturated rings. The molecule has 0 unspecified atom stereocenters. The predicted octanol–water partition coefficient (Wildman–Crippen LogP) is 6.28. The van der Waals surface area contributed by atoms with E-state index in [2.05, 4.69) is 67.1 Å². The molecule has 0 aromatic carbocycles. The van der Waals surface area contributed by atoms with E-state index in [0.717, 1.165) is 81.9 Å². The van der Waals surface area contributed by atoms with Crippen molar-refractivity contribution in [1.82, 2.24) is 30.1 Å². The lowest BCUT2D eigenvalue weighted by molar-refractivity contribution is 0.575. The molecule has 8 nitrogen and oxygen atoms in total. The first-order valence-corrected chi connectivity index (χ1v) is 12.7. The zero-order valence-corrected chi connectivity index (χ0v) is 20.5. The highest BCUT2D eigenvalue weighted by Crippen LogP contribution is 2.34. The normalized spacial score (nSPS) is 14.0. The molecule has 36 heavy (non-hydrogen) atoms. The highest BCUT2D eigenvalue weighted by molar-refractivity contribution is 5.99. The lowest BCUT2D eigenvalue weighted by Crippen LogP contribution is -2.30. The summed E-state index contributed by atoms with van der Waals surface area (Å²) in [6, 6.07) is 8.41. The number of H-pyrrole nitrogens is 2. The van der Waals surface area contributed by atoms with Crippen molar-refractivity contribution in [3.63, 3.8) is 0 Å². The third-order valence-electron chi connectivity index (χ3n) is 6.81. The Hall–Kier alpha value is -4.20. The number of hydrogen-bond donors (Lipinski definition) is 3. The van der Waals surface area contributed by atoms with Gasteiger partial charge in [0.25, 0.3) is 0 Å². The monoisotopic (exact) mass is 478 g/mol. The molecule has 3 N–H and O–H groups in total. The van der Waals surface area contributed by atoms with Gasteiger partial charge >= 0.3 is 0 Å². The van der Waals surface area contributed by atoms with E-state index < -0.39 is 0 Å². The van der Waals surface area contributed by atoms with Crippen molar-refractivity contribution in [3.8, 4) is 22.5 Å². The highest BCUT2D eigenvalue weighted by atomic mass is 15.2. The summed E-state index contributed by atoms with van der Waals surface area (Å²) in [6.45, 7) is 8.35. The van der Waals surface area contributed by atoms with Crippen molar-refractivity contribution in [2.75, 3.05) is 23.3 Å². The van der Waals surface area contributed by atoms with E-state index in [1.165, 1.54) is 19.3 Å².